The molecule has 20 heavy (non-hydrogen) atoms. The van der Waals surface area contributed by atoms with Crippen molar-refractivity contribution in [3.05, 3.63) is 12.2 Å². The van der Waals surface area contributed by atoms with Crippen molar-refractivity contribution in [3.8, 4) is 0 Å². The summed E-state index contributed by atoms with van der Waals surface area (Å²) in [5.41, 5.74) is 0.243. The van der Waals surface area contributed by atoms with E-state index in [1.807, 2.05) is 0 Å². The molecule has 0 saturated heterocycles. The molecule has 2 nitrogen and oxygen atoms in total. The molecule has 0 atom stereocenters. The minimum absolute atomic E-state index is 0.0277. The van der Waals surface area contributed by atoms with Gasteiger partial charge in [-0.2, -0.15) is 0 Å². The molecule has 0 aromatic carbocycles. The number of carbonyl (C=O) groups excluding carboxylic acids is 1. The van der Waals surface area contributed by atoms with Crippen LogP contribution in [0.2, 0.25) is 0 Å². The van der Waals surface area contributed by atoms with Crippen LogP contribution in [0.25, 0.3) is 0 Å². The minimum Gasteiger partial charge on any atom is -0.466 e. The third-order valence-electron chi connectivity index (χ3n) is 3.27. The van der Waals surface area contributed by atoms with Gasteiger partial charge in [0.1, 0.15) is 0 Å². The van der Waals surface area contributed by atoms with Crippen LogP contribution in [0.5, 0.6) is 0 Å². The fourth-order valence-corrected chi connectivity index (χ4v) is 1.89. The zero-order valence-corrected chi connectivity index (χ0v) is 14.0. The summed E-state index contributed by atoms with van der Waals surface area (Å²) in [7, 11) is 0. The van der Waals surface area contributed by atoms with Gasteiger partial charge in [0, 0.05) is 6.42 Å². The van der Waals surface area contributed by atoms with Gasteiger partial charge >= 0.3 is 5.97 Å². The molecule has 0 aromatic rings. The number of hydrogen-bond acceptors (Lipinski definition) is 2. The van der Waals surface area contributed by atoms with Gasteiger partial charge in [0.05, 0.1) is 6.61 Å². The minimum atomic E-state index is -0.0277. The van der Waals surface area contributed by atoms with E-state index in [1.165, 1.54) is 25.7 Å². The molecular weight excluding hydrogens is 248 g/mol. The molecule has 0 N–H and O–H groups in total. The first-order chi connectivity index (χ1) is 9.45. The van der Waals surface area contributed by atoms with E-state index in [4.69, 9.17) is 4.74 Å². The van der Waals surface area contributed by atoms with E-state index in [9.17, 15) is 4.79 Å². The highest BCUT2D eigenvalue weighted by Crippen LogP contribution is 2.18. The molecule has 2 heteroatoms. The molecule has 0 spiro atoms. The van der Waals surface area contributed by atoms with Gasteiger partial charge in [-0.15, -0.1) is 0 Å². The molecule has 0 saturated carbocycles. The van der Waals surface area contributed by atoms with Crippen LogP contribution >= 0.6 is 0 Å². The summed E-state index contributed by atoms with van der Waals surface area (Å²) >= 11 is 0. The van der Waals surface area contributed by atoms with Gasteiger partial charge in [0.2, 0.25) is 0 Å². The van der Waals surface area contributed by atoms with Gasteiger partial charge in [-0.25, -0.2) is 0 Å². The van der Waals surface area contributed by atoms with Crippen molar-refractivity contribution in [1.29, 1.82) is 0 Å². The number of esters is 1. The normalized spacial score (nSPS) is 12.0. The van der Waals surface area contributed by atoms with Gasteiger partial charge in [-0.3, -0.25) is 4.79 Å². The van der Waals surface area contributed by atoms with E-state index in [2.05, 4.69) is 39.8 Å². The van der Waals surface area contributed by atoms with Crippen molar-refractivity contribution in [2.45, 2.75) is 85.5 Å². The maximum absolute atomic E-state index is 11.5. The molecule has 0 rings (SSSR count). The lowest BCUT2D eigenvalue weighted by atomic mass is 9.93. The van der Waals surface area contributed by atoms with Crippen LogP contribution in [0, 0.1) is 5.41 Å². The smallest absolute Gasteiger partial charge is 0.305 e. The average molecular weight is 282 g/mol. The van der Waals surface area contributed by atoms with Crippen LogP contribution in [0.15, 0.2) is 12.2 Å². The Hall–Kier alpha value is -0.790. The maximum Gasteiger partial charge on any atom is 0.305 e. The third kappa shape index (κ3) is 15.3. The Morgan fingerprint density at radius 1 is 1.00 bits per heavy atom. The summed E-state index contributed by atoms with van der Waals surface area (Å²) in [5, 5.41) is 0. The molecule has 0 aliphatic carbocycles. The highest BCUT2D eigenvalue weighted by Gasteiger charge is 2.11. The lowest BCUT2D eigenvalue weighted by Crippen LogP contribution is -2.12. The number of allylic oxidation sites excluding steroid dienone is 2. The standard InChI is InChI=1S/C18H34O2/c1-5-6-7-8-9-10-11-12-13-14-17(19)20-16-15-18(2,3)4/h6-7H,5,8-16H2,1-4H3/b7-6+. The van der Waals surface area contributed by atoms with Crippen LogP contribution in [0.1, 0.15) is 85.5 Å². The summed E-state index contributed by atoms with van der Waals surface area (Å²) in [6.45, 7) is 9.22. The van der Waals surface area contributed by atoms with E-state index in [1.54, 1.807) is 0 Å². The number of carbonyl (C=O) groups is 1. The third-order valence-corrected chi connectivity index (χ3v) is 3.27. The largest absolute Gasteiger partial charge is 0.466 e. The van der Waals surface area contributed by atoms with Crippen molar-refractivity contribution >= 4 is 5.97 Å². The van der Waals surface area contributed by atoms with Gasteiger partial charge in [0.15, 0.2) is 0 Å². The monoisotopic (exact) mass is 282 g/mol. The Balaban J connectivity index is 3.29. The Morgan fingerprint density at radius 3 is 2.30 bits per heavy atom. The zero-order chi connectivity index (χ0) is 15.3. The molecule has 0 aliphatic rings. The fourth-order valence-electron chi connectivity index (χ4n) is 1.89. The van der Waals surface area contributed by atoms with Crippen LogP contribution in [0.4, 0.5) is 0 Å². The number of hydrogen-bond donors (Lipinski definition) is 0. The number of rotatable bonds is 11. The predicted molar refractivity (Wildman–Crippen MR) is 86.8 cm³/mol. The van der Waals surface area contributed by atoms with E-state index in [0.717, 1.165) is 25.7 Å². The molecule has 0 aliphatic heterocycles. The van der Waals surface area contributed by atoms with Crippen molar-refractivity contribution in [2.24, 2.45) is 5.41 Å². The van der Waals surface area contributed by atoms with Gasteiger partial charge in [0.25, 0.3) is 0 Å². The SMILES string of the molecule is CC/C=C/CCCCCCCC(=O)OCCC(C)(C)C. The molecule has 0 unspecified atom stereocenters. The van der Waals surface area contributed by atoms with Gasteiger partial charge < -0.3 is 4.74 Å². The number of ether oxygens (including phenoxy) is 1. The fraction of sp³-hybridized carbons (Fsp3) is 0.833. The van der Waals surface area contributed by atoms with Crippen molar-refractivity contribution in [1.82, 2.24) is 0 Å². The predicted octanol–water partition coefficient (Wildman–Crippen LogP) is 5.66. The van der Waals surface area contributed by atoms with E-state index >= 15 is 0 Å². The first-order valence-electron chi connectivity index (χ1n) is 8.26. The van der Waals surface area contributed by atoms with Gasteiger partial charge in [-0.1, -0.05) is 59.1 Å². The zero-order valence-electron chi connectivity index (χ0n) is 14.0. The van der Waals surface area contributed by atoms with Crippen molar-refractivity contribution in [2.75, 3.05) is 6.61 Å². The Morgan fingerprint density at radius 2 is 1.65 bits per heavy atom. The topological polar surface area (TPSA) is 26.3 Å². The van der Waals surface area contributed by atoms with E-state index in [-0.39, 0.29) is 11.4 Å². The highest BCUT2D eigenvalue weighted by molar-refractivity contribution is 5.69. The first kappa shape index (κ1) is 19.2. The molecule has 0 aromatic heterocycles. The van der Waals surface area contributed by atoms with E-state index in [0.29, 0.717) is 13.0 Å². The number of unbranched alkanes of at least 4 members (excludes halogenated alkanes) is 5. The van der Waals surface area contributed by atoms with Gasteiger partial charge in [-0.05, 0) is 37.5 Å². The molecule has 0 bridgehead atoms. The summed E-state index contributed by atoms with van der Waals surface area (Å²) in [6.07, 6.45) is 14.2. The maximum atomic E-state index is 11.5. The molecule has 0 heterocycles. The molecule has 0 radical (unpaired) electrons. The molecule has 0 fully saturated rings. The molecular formula is C18H34O2. The second-order valence-electron chi connectivity index (χ2n) is 6.72. The molecule has 0 amide bonds. The van der Waals surface area contributed by atoms with Crippen molar-refractivity contribution < 1.29 is 9.53 Å². The van der Waals surface area contributed by atoms with Crippen LogP contribution in [0.3, 0.4) is 0 Å². The summed E-state index contributed by atoms with van der Waals surface area (Å²) in [6, 6.07) is 0. The van der Waals surface area contributed by atoms with Crippen molar-refractivity contribution in [3.63, 3.8) is 0 Å². The highest BCUT2D eigenvalue weighted by atomic mass is 16.5. The molecule has 118 valence electrons. The summed E-state index contributed by atoms with van der Waals surface area (Å²) < 4.78 is 5.24. The quantitative estimate of drug-likeness (QED) is 0.277. The van der Waals surface area contributed by atoms with Crippen LogP contribution < -0.4 is 0 Å². The summed E-state index contributed by atoms with van der Waals surface area (Å²) in [5.74, 6) is -0.0277. The van der Waals surface area contributed by atoms with E-state index < -0.39 is 0 Å². The Kier molecular flexibility index (Phi) is 11.5. The summed E-state index contributed by atoms with van der Waals surface area (Å²) in [4.78, 5) is 11.5. The second-order valence-corrected chi connectivity index (χ2v) is 6.72. The lowest BCUT2D eigenvalue weighted by molar-refractivity contribution is -0.144. The Bertz CT molecular complexity index is 261. The first-order valence-corrected chi connectivity index (χ1v) is 8.26. The van der Waals surface area contributed by atoms with Crippen LogP contribution in [-0.4, -0.2) is 12.6 Å². The van der Waals surface area contributed by atoms with Crippen LogP contribution in [-0.2, 0) is 9.53 Å². The average Bonchev–Trinajstić information content (AvgIpc) is 2.35. The Labute approximate surface area is 126 Å². The lowest BCUT2D eigenvalue weighted by Gasteiger charge is -2.17. The second kappa shape index (κ2) is 12.0.